The fraction of sp³-hybridized carbons (Fsp3) is 0.778. The zero-order valence-corrected chi connectivity index (χ0v) is 8.87. The molecule has 2 rings (SSSR count). The number of thiol groups is 2. The van der Waals surface area contributed by atoms with Crippen LogP contribution in [0.25, 0.3) is 0 Å². The van der Waals surface area contributed by atoms with Crippen molar-refractivity contribution in [1.29, 1.82) is 0 Å². The Labute approximate surface area is 84.8 Å². The summed E-state index contributed by atoms with van der Waals surface area (Å²) >= 11 is 9.01. The molecule has 0 bridgehead atoms. The maximum atomic E-state index is 4.50. The lowest BCUT2D eigenvalue weighted by molar-refractivity contribution is 0.554. The topological polar surface area (TPSA) is 12.0 Å². The molecule has 12 heavy (non-hydrogen) atoms. The van der Waals surface area contributed by atoms with Crippen LogP contribution in [-0.4, -0.2) is 17.0 Å². The molecule has 3 heteroatoms. The predicted molar refractivity (Wildman–Crippen MR) is 59.0 cm³/mol. The lowest BCUT2D eigenvalue weighted by Gasteiger charge is -2.36. The maximum Gasteiger partial charge on any atom is 0.0270 e. The Hall–Kier alpha value is 0.240. The Morgan fingerprint density at radius 1 is 1.17 bits per heavy atom. The molecule has 1 nitrogen and oxygen atoms in total. The van der Waals surface area contributed by atoms with Gasteiger partial charge in [0.25, 0.3) is 0 Å². The Morgan fingerprint density at radius 3 is 2.42 bits per heavy atom. The second-order valence-electron chi connectivity index (χ2n) is 3.59. The third-order valence-corrected chi connectivity index (χ3v) is 3.68. The molecule has 0 aromatic heterocycles. The van der Waals surface area contributed by atoms with E-state index in [1.54, 1.807) is 0 Å². The molecule has 1 saturated heterocycles. The highest BCUT2D eigenvalue weighted by atomic mass is 32.1. The van der Waals surface area contributed by atoms with Crippen LogP contribution in [0.2, 0.25) is 0 Å². The van der Waals surface area contributed by atoms with Crippen molar-refractivity contribution in [2.45, 2.75) is 36.2 Å². The molecule has 2 aliphatic rings. The zero-order chi connectivity index (χ0) is 8.55. The normalized spacial score (nSPS) is 35.8. The summed E-state index contributed by atoms with van der Waals surface area (Å²) < 4.78 is 0. The van der Waals surface area contributed by atoms with Crippen molar-refractivity contribution in [2.24, 2.45) is 0 Å². The van der Waals surface area contributed by atoms with Crippen molar-refractivity contribution in [3.8, 4) is 0 Å². The van der Waals surface area contributed by atoms with Gasteiger partial charge in [0.15, 0.2) is 0 Å². The quantitative estimate of drug-likeness (QED) is 0.509. The molecule has 1 N–H and O–H groups in total. The lowest BCUT2D eigenvalue weighted by atomic mass is 9.86. The molecule has 68 valence electrons. The van der Waals surface area contributed by atoms with Crippen LogP contribution in [0.4, 0.5) is 0 Å². The van der Waals surface area contributed by atoms with Crippen LogP contribution < -0.4 is 5.32 Å². The molecule has 0 amide bonds. The Bertz CT molecular complexity index is 195. The van der Waals surface area contributed by atoms with Gasteiger partial charge in [-0.2, -0.15) is 25.3 Å². The second kappa shape index (κ2) is 3.54. The molecule has 2 fully saturated rings. The summed E-state index contributed by atoms with van der Waals surface area (Å²) in [5.41, 5.74) is 2.90. The molecule has 1 heterocycles. The standard InChI is InChI=1S/C9H15NS2/c11-7-5-8(12)9(7)6-3-1-2-4-10-6/h7-8,10-12H,1-5H2. The minimum Gasteiger partial charge on any atom is -0.388 e. The molecule has 1 aliphatic carbocycles. The second-order valence-corrected chi connectivity index (χ2v) is 4.83. The number of nitrogens with one attached hydrogen (secondary N) is 1. The van der Waals surface area contributed by atoms with Crippen LogP contribution in [0.15, 0.2) is 11.3 Å². The highest BCUT2D eigenvalue weighted by molar-refractivity contribution is 7.83. The first kappa shape index (κ1) is 8.82. The van der Waals surface area contributed by atoms with Crippen molar-refractivity contribution in [3.63, 3.8) is 0 Å². The molecule has 1 saturated carbocycles. The van der Waals surface area contributed by atoms with Crippen LogP contribution in [-0.2, 0) is 0 Å². The van der Waals surface area contributed by atoms with Crippen LogP contribution in [0.3, 0.4) is 0 Å². The first-order valence-corrected chi connectivity index (χ1v) is 5.65. The fourth-order valence-electron chi connectivity index (χ4n) is 1.93. The molecule has 2 atom stereocenters. The summed E-state index contributed by atoms with van der Waals surface area (Å²) in [5, 5.41) is 4.42. The van der Waals surface area contributed by atoms with Gasteiger partial charge >= 0.3 is 0 Å². The molecular formula is C9H15NS2. The van der Waals surface area contributed by atoms with E-state index in [4.69, 9.17) is 0 Å². The van der Waals surface area contributed by atoms with Gasteiger partial charge in [-0.3, -0.25) is 0 Å². The van der Waals surface area contributed by atoms with Crippen molar-refractivity contribution < 1.29 is 0 Å². The van der Waals surface area contributed by atoms with E-state index >= 15 is 0 Å². The van der Waals surface area contributed by atoms with Gasteiger partial charge in [-0.15, -0.1) is 0 Å². The third-order valence-electron chi connectivity index (χ3n) is 2.70. The van der Waals surface area contributed by atoms with Crippen molar-refractivity contribution in [3.05, 3.63) is 11.3 Å². The van der Waals surface area contributed by atoms with Crippen LogP contribution in [0.5, 0.6) is 0 Å². The van der Waals surface area contributed by atoms with Crippen molar-refractivity contribution in [2.75, 3.05) is 6.54 Å². The van der Waals surface area contributed by atoms with E-state index in [0.29, 0.717) is 10.5 Å². The van der Waals surface area contributed by atoms with Gasteiger partial charge in [0, 0.05) is 22.7 Å². The van der Waals surface area contributed by atoms with Gasteiger partial charge in [0.1, 0.15) is 0 Å². The Kier molecular flexibility index (Phi) is 2.60. The van der Waals surface area contributed by atoms with Gasteiger partial charge < -0.3 is 5.32 Å². The van der Waals surface area contributed by atoms with Crippen molar-refractivity contribution in [1.82, 2.24) is 5.32 Å². The van der Waals surface area contributed by atoms with Gasteiger partial charge in [-0.1, -0.05) is 0 Å². The fourth-order valence-corrected chi connectivity index (χ4v) is 3.31. The van der Waals surface area contributed by atoms with Gasteiger partial charge in [0.2, 0.25) is 0 Å². The van der Waals surface area contributed by atoms with E-state index in [1.165, 1.54) is 30.5 Å². The summed E-state index contributed by atoms with van der Waals surface area (Å²) in [7, 11) is 0. The van der Waals surface area contributed by atoms with Crippen LogP contribution in [0, 0.1) is 0 Å². The SMILES string of the molecule is SC1CC(S)C1=C1CCCCN1. The Balaban J connectivity index is 2.11. The average molecular weight is 201 g/mol. The van der Waals surface area contributed by atoms with E-state index in [0.717, 1.165) is 13.0 Å². The van der Waals surface area contributed by atoms with Crippen LogP contribution >= 0.6 is 25.3 Å². The zero-order valence-electron chi connectivity index (χ0n) is 7.08. The number of allylic oxidation sites excluding steroid dienone is 1. The molecule has 0 radical (unpaired) electrons. The summed E-state index contributed by atoms with van der Waals surface area (Å²) in [6, 6.07) is 0. The molecule has 0 aromatic carbocycles. The lowest BCUT2D eigenvalue weighted by Crippen LogP contribution is -2.35. The monoisotopic (exact) mass is 201 g/mol. The first-order valence-electron chi connectivity index (χ1n) is 4.62. The maximum absolute atomic E-state index is 4.50. The van der Waals surface area contributed by atoms with Crippen molar-refractivity contribution >= 4 is 25.3 Å². The third kappa shape index (κ3) is 1.49. The summed E-state index contributed by atoms with van der Waals surface area (Å²) in [4.78, 5) is 0. The molecule has 0 aromatic rings. The van der Waals surface area contributed by atoms with E-state index in [2.05, 4.69) is 30.6 Å². The number of hydrogen-bond acceptors (Lipinski definition) is 3. The average Bonchev–Trinajstić information content (AvgIpc) is 2.05. The van der Waals surface area contributed by atoms with Crippen LogP contribution in [0.1, 0.15) is 25.7 Å². The minimum atomic E-state index is 0.480. The number of rotatable bonds is 0. The Morgan fingerprint density at radius 2 is 1.92 bits per heavy atom. The van der Waals surface area contributed by atoms with E-state index in [9.17, 15) is 0 Å². The van der Waals surface area contributed by atoms with Gasteiger partial charge in [-0.25, -0.2) is 0 Å². The number of hydrogen-bond donors (Lipinski definition) is 3. The number of piperidine rings is 1. The summed E-state index contributed by atoms with van der Waals surface area (Å²) in [6.45, 7) is 1.14. The molecule has 1 aliphatic heterocycles. The first-order chi connectivity index (χ1) is 5.79. The molecule has 0 spiro atoms. The minimum absolute atomic E-state index is 0.480. The highest BCUT2D eigenvalue weighted by Crippen LogP contribution is 2.39. The van der Waals surface area contributed by atoms with E-state index < -0.39 is 0 Å². The summed E-state index contributed by atoms with van der Waals surface area (Å²) in [5.74, 6) is 0. The molecular weight excluding hydrogens is 186 g/mol. The predicted octanol–water partition coefficient (Wildman–Crippen LogP) is 2.01. The molecule has 2 unspecified atom stereocenters. The smallest absolute Gasteiger partial charge is 0.0270 e. The van der Waals surface area contributed by atoms with E-state index in [1.807, 2.05) is 0 Å². The van der Waals surface area contributed by atoms with Gasteiger partial charge in [0.05, 0.1) is 0 Å². The largest absolute Gasteiger partial charge is 0.388 e. The summed E-state index contributed by atoms with van der Waals surface area (Å²) in [6.07, 6.45) is 4.98. The highest BCUT2D eigenvalue weighted by Gasteiger charge is 2.32. The van der Waals surface area contributed by atoms with E-state index in [-0.39, 0.29) is 0 Å². The van der Waals surface area contributed by atoms with Gasteiger partial charge in [-0.05, 0) is 31.3 Å².